The van der Waals surface area contributed by atoms with Gasteiger partial charge in [0.2, 0.25) is 0 Å². The minimum Gasteiger partial charge on any atom is -0.456 e. The van der Waals surface area contributed by atoms with Crippen molar-refractivity contribution in [3.8, 4) is 28.5 Å². The third-order valence-corrected chi connectivity index (χ3v) is 2.85. The topological polar surface area (TPSA) is 47.1 Å². The second-order valence-electron chi connectivity index (χ2n) is 4.32. The van der Waals surface area contributed by atoms with Gasteiger partial charge in [-0.3, -0.25) is 0 Å². The number of ether oxygens (including phenoxy) is 2. The molecule has 6 heteroatoms. The van der Waals surface area contributed by atoms with Gasteiger partial charge in [0, 0.05) is 23.9 Å². The lowest BCUT2D eigenvalue weighted by Crippen LogP contribution is -2.01. The fourth-order valence-electron chi connectivity index (χ4n) is 1.95. The minimum atomic E-state index is -2.88. The quantitative estimate of drug-likeness (QED) is 0.765. The van der Waals surface area contributed by atoms with E-state index >= 15 is 0 Å². The average Bonchev–Trinajstić information content (AvgIpc) is 3.01. The molecule has 0 bridgehead atoms. The summed E-state index contributed by atoms with van der Waals surface area (Å²) in [5.41, 5.74) is 1.49. The number of imidazole rings is 1. The van der Waals surface area contributed by atoms with Crippen molar-refractivity contribution in [1.29, 1.82) is 0 Å². The number of rotatable bonds is 5. The maximum atomic E-state index is 12.2. The van der Waals surface area contributed by atoms with Gasteiger partial charge in [0.15, 0.2) is 0 Å². The van der Waals surface area contributed by atoms with Crippen LogP contribution in [0.3, 0.4) is 0 Å². The second-order valence-corrected chi connectivity index (χ2v) is 4.32. The van der Waals surface area contributed by atoms with E-state index < -0.39 is 6.61 Å². The van der Waals surface area contributed by atoms with E-state index in [4.69, 9.17) is 4.74 Å². The predicted octanol–water partition coefficient (Wildman–Crippen LogP) is 4.27. The summed E-state index contributed by atoms with van der Waals surface area (Å²) in [6.45, 7) is -2.88. The van der Waals surface area contributed by atoms with Crippen molar-refractivity contribution in [2.45, 2.75) is 6.61 Å². The van der Waals surface area contributed by atoms with Crippen LogP contribution in [0.25, 0.3) is 11.3 Å². The highest BCUT2D eigenvalue weighted by Gasteiger charge is 2.10. The molecular formula is C16H11F2N2O2. The Hall–Kier alpha value is -2.89. The first-order valence-electron chi connectivity index (χ1n) is 6.45. The fraction of sp³-hybridized carbons (Fsp3) is 0.0625. The number of nitrogens with one attached hydrogen (secondary N) is 1. The zero-order valence-electron chi connectivity index (χ0n) is 11.3. The Kier molecular flexibility index (Phi) is 4.00. The van der Waals surface area contributed by atoms with Crippen LogP contribution in [-0.2, 0) is 0 Å². The molecule has 1 aromatic heterocycles. The molecule has 0 atom stereocenters. The normalized spacial score (nSPS) is 10.7. The molecule has 0 fully saturated rings. The standard InChI is InChI=1S/C16H11F2N2O2/c17-16(18)22-12-5-3-4-11(8-12)21-15-7-2-1-6-13(15)14-9-19-10-20-14/h1-3,5-10,16H,(H,19,20). The van der Waals surface area contributed by atoms with Gasteiger partial charge in [-0.15, -0.1) is 0 Å². The number of aromatic amines is 1. The summed E-state index contributed by atoms with van der Waals surface area (Å²) in [6.07, 6.45) is 3.30. The van der Waals surface area contributed by atoms with Gasteiger partial charge in [0.05, 0.1) is 12.0 Å². The van der Waals surface area contributed by atoms with Crippen molar-refractivity contribution < 1.29 is 18.3 Å². The van der Waals surface area contributed by atoms with Crippen LogP contribution in [0, 0.1) is 6.07 Å². The monoisotopic (exact) mass is 301 g/mol. The first-order chi connectivity index (χ1) is 10.7. The molecule has 0 unspecified atom stereocenters. The Morgan fingerprint density at radius 2 is 2.05 bits per heavy atom. The van der Waals surface area contributed by atoms with Crippen molar-refractivity contribution >= 4 is 0 Å². The van der Waals surface area contributed by atoms with E-state index in [-0.39, 0.29) is 11.5 Å². The average molecular weight is 301 g/mol. The Morgan fingerprint density at radius 1 is 1.18 bits per heavy atom. The molecule has 1 heterocycles. The molecule has 4 nitrogen and oxygen atoms in total. The van der Waals surface area contributed by atoms with Crippen molar-refractivity contribution in [2.24, 2.45) is 0 Å². The molecule has 0 amide bonds. The summed E-state index contributed by atoms with van der Waals surface area (Å²) in [6, 6.07) is 14.3. The van der Waals surface area contributed by atoms with Gasteiger partial charge >= 0.3 is 6.61 Å². The molecule has 0 aliphatic heterocycles. The maximum Gasteiger partial charge on any atom is 0.387 e. The van der Waals surface area contributed by atoms with E-state index in [1.807, 2.05) is 18.2 Å². The molecule has 111 valence electrons. The van der Waals surface area contributed by atoms with E-state index in [9.17, 15) is 8.78 Å². The van der Waals surface area contributed by atoms with Crippen LogP contribution in [0.15, 0.2) is 55.0 Å². The Balaban J connectivity index is 1.88. The van der Waals surface area contributed by atoms with Crippen LogP contribution in [0.5, 0.6) is 17.2 Å². The molecule has 1 radical (unpaired) electrons. The summed E-state index contributed by atoms with van der Waals surface area (Å²) < 4.78 is 34.6. The first-order valence-corrected chi connectivity index (χ1v) is 6.45. The minimum absolute atomic E-state index is 0.0148. The molecule has 0 spiro atoms. The molecule has 3 rings (SSSR count). The van der Waals surface area contributed by atoms with Crippen LogP contribution < -0.4 is 9.47 Å². The molecule has 0 aliphatic rings. The highest BCUT2D eigenvalue weighted by atomic mass is 19.3. The van der Waals surface area contributed by atoms with Crippen molar-refractivity contribution in [3.63, 3.8) is 0 Å². The van der Waals surface area contributed by atoms with Crippen LogP contribution in [-0.4, -0.2) is 16.6 Å². The van der Waals surface area contributed by atoms with Crippen LogP contribution in [0.2, 0.25) is 0 Å². The summed E-state index contributed by atoms with van der Waals surface area (Å²) in [5, 5.41) is 0. The van der Waals surface area contributed by atoms with Gasteiger partial charge in [-0.1, -0.05) is 12.1 Å². The SMILES string of the molecule is FC(F)Oc1cc[c]c(Oc2ccccc2-c2c[nH]cn2)c1. The zero-order valence-corrected chi connectivity index (χ0v) is 11.3. The number of H-pyrrole nitrogens is 1. The molecule has 0 saturated heterocycles. The number of hydrogen-bond acceptors (Lipinski definition) is 3. The Bertz CT molecular complexity index is 745. The number of hydrogen-bond donors (Lipinski definition) is 1. The number of alkyl halides is 2. The summed E-state index contributed by atoms with van der Waals surface area (Å²) in [5.74, 6) is 0.835. The third-order valence-electron chi connectivity index (χ3n) is 2.85. The molecule has 0 aliphatic carbocycles. The maximum absolute atomic E-state index is 12.2. The van der Waals surface area contributed by atoms with Crippen molar-refractivity contribution in [2.75, 3.05) is 0 Å². The van der Waals surface area contributed by atoms with Crippen LogP contribution in [0.4, 0.5) is 8.78 Å². The van der Waals surface area contributed by atoms with Crippen molar-refractivity contribution in [1.82, 2.24) is 9.97 Å². The van der Waals surface area contributed by atoms with Crippen molar-refractivity contribution in [3.05, 3.63) is 61.1 Å². The fourth-order valence-corrected chi connectivity index (χ4v) is 1.95. The Labute approximate surface area is 125 Å². The molecule has 2 aromatic carbocycles. The molecular weight excluding hydrogens is 290 g/mol. The van der Waals surface area contributed by atoms with Gasteiger partial charge in [-0.05, 0) is 24.3 Å². The highest BCUT2D eigenvalue weighted by Crippen LogP contribution is 2.33. The molecule has 3 aromatic rings. The van der Waals surface area contributed by atoms with Gasteiger partial charge in [-0.25, -0.2) is 4.98 Å². The summed E-state index contributed by atoms with van der Waals surface area (Å²) in [7, 11) is 0. The van der Waals surface area contributed by atoms with E-state index in [2.05, 4.69) is 20.8 Å². The number of nitrogens with zero attached hydrogens (tertiary/aromatic N) is 1. The molecule has 22 heavy (non-hydrogen) atoms. The zero-order chi connectivity index (χ0) is 15.4. The van der Waals surface area contributed by atoms with Gasteiger partial charge < -0.3 is 14.5 Å². The molecule has 0 saturated carbocycles. The number of halogens is 2. The smallest absolute Gasteiger partial charge is 0.387 e. The lowest BCUT2D eigenvalue weighted by atomic mass is 10.1. The van der Waals surface area contributed by atoms with Gasteiger partial charge in [-0.2, -0.15) is 8.78 Å². The van der Waals surface area contributed by atoms with Gasteiger partial charge in [0.25, 0.3) is 0 Å². The third kappa shape index (κ3) is 3.22. The first kappa shape index (κ1) is 14.1. The number of para-hydroxylation sites is 1. The lowest BCUT2D eigenvalue weighted by Gasteiger charge is -2.11. The second kappa shape index (κ2) is 6.26. The van der Waals surface area contributed by atoms with Crippen LogP contribution >= 0.6 is 0 Å². The summed E-state index contributed by atoms with van der Waals surface area (Å²) in [4.78, 5) is 7.05. The molecule has 1 N–H and O–H groups in total. The van der Waals surface area contributed by atoms with Crippen LogP contribution in [0.1, 0.15) is 0 Å². The van der Waals surface area contributed by atoms with E-state index in [1.165, 1.54) is 18.2 Å². The number of aromatic nitrogens is 2. The van der Waals surface area contributed by atoms with E-state index in [0.717, 1.165) is 11.3 Å². The summed E-state index contributed by atoms with van der Waals surface area (Å²) >= 11 is 0. The van der Waals surface area contributed by atoms with Gasteiger partial charge in [0.1, 0.15) is 17.2 Å². The lowest BCUT2D eigenvalue weighted by molar-refractivity contribution is -0.0499. The predicted molar refractivity (Wildman–Crippen MR) is 76.0 cm³/mol. The highest BCUT2D eigenvalue weighted by molar-refractivity contribution is 5.67. The van der Waals surface area contributed by atoms with E-state index in [1.54, 1.807) is 18.6 Å². The Morgan fingerprint density at radius 3 is 2.82 bits per heavy atom. The largest absolute Gasteiger partial charge is 0.456 e. The van der Waals surface area contributed by atoms with E-state index in [0.29, 0.717) is 5.75 Å². The number of benzene rings is 2.